The highest BCUT2D eigenvalue weighted by Gasteiger charge is 2.14. The number of aryl methyl sites for hydroxylation is 1. The van der Waals surface area contributed by atoms with Crippen molar-refractivity contribution in [2.24, 2.45) is 5.10 Å². The standard InChI is InChI=1S/C23H20ClN3O3/c1-16-12-19(24)10-11-21(16)26-22(28)23(29)27-25-14-18-8-5-9-20(13-18)30-15-17-6-3-2-4-7-17/h2-14H,15H2,1H3,(H,26,28)(H,27,29)/b25-14-. The lowest BCUT2D eigenvalue weighted by molar-refractivity contribution is -0.136. The fourth-order valence-corrected chi connectivity index (χ4v) is 2.81. The van der Waals surface area contributed by atoms with Crippen LogP contribution in [0.4, 0.5) is 5.69 Å². The summed E-state index contributed by atoms with van der Waals surface area (Å²) >= 11 is 5.88. The largest absolute Gasteiger partial charge is 0.489 e. The van der Waals surface area contributed by atoms with E-state index in [2.05, 4.69) is 15.8 Å². The van der Waals surface area contributed by atoms with Crippen LogP contribution in [0.3, 0.4) is 0 Å². The SMILES string of the molecule is Cc1cc(Cl)ccc1NC(=O)C(=O)N/N=C\c1cccc(OCc2ccccc2)c1. The van der Waals surface area contributed by atoms with Crippen molar-refractivity contribution in [2.45, 2.75) is 13.5 Å². The number of carbonyl (C=O) groups excluding carboxylic acids is 2. The van der Waals surface area contributed by atoms with Crippen molar-refractivity contribution in [1.82, 2.24) is 5.43 Å². The molecule has 0 unspecified atom stereocenters. The van der Waals surface area contributed by atoms with E-state index in [1.807, 2.05) is 48.5 Å². The molecule has 0 fully saturated rings. The van der Waals surface area contributed by atoms with E-state index in [0.717, 1.165) is 16.7 Å². The van der Waals surface area contributed by atoms with Crippen LogP contribution in [-0.2, 0) is 16.2 Å². The summed E-state index contributed by atoms with van der Waals surface area (Å²) in [6.45, 7) is 2.23. The Balaban J connectivity index is 1.52. The molecule has 152 valence electrons. The molecule has 0 heterocycles. The summed E-state index contributed by atoms with van der Waals surface area (Å²) in [6.07, 6.45) is 1.44. The van der Waals surface area contributed by atoms with Gasteiger partial charge in [-0.25, -0.2) is 5.43 Å². The Bertz CT molecular complexity index is 1070. The van der Waals surface area contributed by atoms with Gasteiger partial charge in [-0.3, -0.25) is 9.59 Å². The highest BCUT2D eigenvalue weighted by atomic mass is 35.5. The smallest absolute Gasteiger partial charge is 0.329 e. The van der Waals surface area contributed by atoms with Crippen LogP contribution in [0.2, 0.25) is 5.02 Å². The maximum Gasteiger partial charge on any atom is 0.329 e. The Morgan fingerprint density at radius 2 is 1.80 bits per heavy atom. The van der Waals surface area contributed by atoms with Crippen molar-refractivity contribution in [3.63, 3.8) is 0 Å². The molecular weight excluding hydrogens is 402 g/mol. The summed E-state index contributed by atoms with van der Waals surface area (Å²) in [5.74, 6) is -1.03. The van der Waals surface area contributed by atoms with Gasteiger partial charge in [-0.05, 0) is 53.9 Å². The van der Waals surface area contributed by atoms with E-state index in [1.54, 1.807) is 31.2 Å². The minimum atomic E-state index is -0.878. The third kappa shape index (κ3) is 6.18. The van der Waals surface area contributed by atoms with Crippen LogP contribution in [0, 0.1) is 6.92 Å². The van der Waals surface area contributed by atoms with Gasteiger partial charge < -0.3 is 10.1 Å². The minimum absolute atomic E-state index is 0.447. The van der Waals surface area contributed by atoms with Gasteiger partial charge in [0.25, 0.3) is 0 Å². The number of nitrogens with zero attached hydrogens (tertiary/aromatic N) is 1. The molecule has 0 bridgehead atoms. The van der Waals surface area contributed by atoms with E-state index in [-0.39, 0.29) is 0 Å². The number of rotatable bonds is 6. The summed E-state index contributed by atoms with van der Waals surface area (Å²) in [4.78, 5) is 24.0. The first-order chi connectivity index (χ1) is 14.5. The Labute approximate surface area is 179 Å². The van der Waals surface area contributed by atoms with Gasteiger partial charge >= 0.3 is 11.8 Å². The number of amides is 2. The van der Waals surface area contributed by atoms with Gasteiger partial charge in [0.1, 0.15) is 12.4 Å². The van der Waals surface area contributed by atoms with E-state index in [1.165, 1.54) is 6.21 Å². The number of hydrogen-bond donors (Lipinski definition) is 2. The second kappa shape index (κ2) is 10.2. The normalized spacial score (nSPS) is 10.6. The van der Waals surface area contributed by atoms with Crippen molar-refractivity contribution in [3.8, 4) is 5.75 Å². The maximum atomic E-state index is 12.0. The Hall–Kier alpha value is -3.64. The molecule has 3 aromatic rings. The van der Waals surface area contributed by atoms with Crippen molar-refractivity contribution in [2.75, 3.05) is 5.32 Å². The van der Waals surface area contributed by atoms with Crippen LogP contribution in [0.15, 0.2) is 77.9 Å². The number of anilines is 1. The predicted molar refractivity (Wildman–Crippen MR) is 118 cm³/mol. The molecule has 6 nitrogen and oxygen atoms in total. The molecule has 0 saturated carbocycles. The van der Waals surface area contributed by atoms with Crippen LogP contribution >= 0.6 is 11.6 Å². The molecule has 2 N–H and O–H groups in total. The van der Waals surface area contributed by atoms with Crippen molar-refractivity contribution >= 4 is 35.3 Å². The van der Waals surface area contributed by atoms with Gasteiger partial charge in [0.15, 0.2) is 0 Å². The lowest BCUT2D eigenvalue weighted by atomic mass is 10.2. The van der Waals surface area contributed by atoms with Gasteiger partial charge in [-0.15, -0.1) is 0 Å². The van der Waals surface area contributed by atoms with Gasteiger partial charge in [0.05, 0.1) is 6.21 Å². The third-order valence-corrected chi connectivity index (χ3v) is 4.36. The van der Waals surface area contributed by atoms with E-state index < -0.39 is 11.8 Å². The number of hydrazone groups is 1. The number of hydrogen-bond acceptors (Lipinski definition) is 4. The van der Waals surface area contributed by atoms with E-state index in [9.17, 15) is 9.59 Å². The average molecular weight is 422 g/mol. The lowest BCUT2D eigenvalue weighted by Crippen LogP contribution is -2.32. The average Bonchev–Trinajstić information content (AvgIpc) is 2.75. The molecular formula is C23H20ClN3O3. The molecule has 0 spiro atoms. The second-order valence-corrected chi connectivity index (χ2v) is 6.90. The van der Waals surface area contributed by atoms with Gasteiger partial charge in [-0.1, -0.05) is 54.1 Å². The summed E-state index contributed by atoms with van der Waals surface area (Å²) in [7, 11) is 0. The van der Waals surface area contributed by atoms with Crippen LogP contribution in [0.25, 0.3) is 0 Å². The van der Waals surface area contributed by atoms with Gasteiger partial charge in [-0.2, -0.15) is 5.10 Å². The Morgan fingerprint density at radius 1 is 1.00 bits per heavy atom. The fraction of sp³-hybridized carbons (Fsp3) is 0.0870. The highest BCUT2D eigenvalue weighted by molar-refractivity contribution is 6.39. The van der Waals surface area contributed by atoms with Crippen molar-refractivity contribution in [3.05, 3.63) is 94.5 Å². The number of benzene rings is 3. The Morgan fingerprint density at radius 3 is 2.57 bits per heavy atom. The fourth-order valence-electron chi connectivity index (χ4n) is 2.59. The first kappa shape index (κ1) is 21.1. The molecule has 30 heavy (non-hydrogen) atoms. The Kier molecular flexibility index (Phi) is 7.19. The lowest BCUT2D eigenvalue weighted by Gasteiger charge is -2.08. The van der Waals surface area contributed by atoms with Crippen LogP contribution in [0.5, 0.6) is 5.75 Å². The van der Waals surface area contributed by atoms with E-state index in [0.29, 0.717) is 23.1 Å². The number of nitrogens with one attached hydrogen (secondary N) is 2. The molecule has 0 aliphatic rings. The predicted octanol–water partition coefficient (Wildman–Crippen LogP) is 4.32. The minimum Gasteiger partial charge on any atom is -0.489 e. The monoisotopic (exact) mass is 421 g/mol. The first-order valence-electron chi connectivity index (χ1n) is 9.18. The molecule has 0 aromatic heterocycles. The van der Waals surface area contributed by atoms with Crippen LogP contribution in [0.1, 0.15) is 16.7 Å². The summed E-state index contributed by atoms with van der Waals surface area (Å²) in [6, 6.07) is 22.0. The van der Waals surface area contributed by atoms with Gasteiger partial charge in [0, 0.05) is 10.7 Å². The zero-order chi connectivity index (χ0) is 21.3. The molecule has 0 aliphatic carbocycles. The first-order valence-corrected chi connectivity index (χ1v) is 9.56. The zero-order valence-corrected chi connectivity index (χ0v) is 17.0. The summed E-state index contributed by atoms with van der Waals surface area (Å²) < 4.78 is 5.76. The molecule has 2 amide bonds. The highest BCUT2D eigenvalue weighted by Crippen LogP contribution is 2.19. The molecule has 0 aliphatic heterocycles. The van der Waals surface area contributed by atoms with Crippen molar-refractivity contribution in [1.29, 1.82) is 0 Å². The number of ether oxygens (including phenoxy) is 1. The second-order valence-electron chi connectivity index (χ2n) is 6.46. The number of carbonyl (C=O) groups is 2. The molecule has 7 heteroatoms. The van der Waals surface area contributed by atoms with E-state index in [4.69, 9.17) is 16.3 Å². The maximum absolute atomic E-state index is 12.0. The topological polar surface area (TPSA) is 79.8 Å². The molecule has 0 atom stereocenters. The zero-order valence-electron chi connectivity index (χ0n) is 16.3. The molecule has 3 aromatic carbocycles. The quantitative estimate of drug-likeness (QED) is 0.353. The van der Waals surface area contributed by atoms with Gasteiger partial charge in [0.2, 0.25) is 0 Å². The molecule has 0 radical (unpaired) electrons. The van der Waals surface area contributed by atoms with Crippen molar-refractivity contribution < 1.29 is 14.3 Å². The molecule has 3 rings (SSSR count). The van der Waals surface area contributed by atoms with E-state index >= 15 is 0 Å². The van der Waals surface area contributed by atoms with Crippen LogP contribution < -0.4 is 15.5 Å². The number of halogens is 1. The summed E-state index contributed by atoms with van der Waals surface area (Å²) in [5.41, 5.74) is 5.25. The summed E-state index contributed by atoms with van der Waals surface area (Å²) in [5, 5.41) is 6.91. The van der Waals surface area contributed by atoms with Crippen LogP contribution in [-0.4, -0.2) is 18.0 Å². The third-order valence-electron chi connectivity index (χ3n) is 4.13. The molecule has 0 saturated heterocycles.